The summed E-state index contributed by atoms with van der Waals surface area (Å²) in [6.45, 7) is 1.22. The molecule has 0 fully saturated rings. The smallest absolute Gasteiger partial charge is 0.208 e. The minimum absolute atomic E-state index is 0.421. The van der Waals surface area contributed by atoms with Gasteiger partial charge >= 0.3 is 0 Å². The van der Waals surface area contributed by atoms with Crippen molar-refractivity contribution in [2.75, 3.05) is 0 Å². The lowest BCUT2D eigenvalue weighted by molar-refractivity contribution is -0.118. The van der Waals surface area contributed by atoms with Gasteiger partial charge in [0.25, 0.3) is 0 Å². The molecule has 0 aliphatic rings. The first-order valence-corrected chi connectivity index (χ1v) is 2.67. The first kappa shape index (κ1) is 6.33. The van der Waals surface area contributed by atoms with Gasteiger partial charge in [-0.15, -0.1) is 0 Å². The van der Waals surface area contributed by atoms with E-state index >= 15 is 0 Å². The quantitative estimate of drug-likeness (QED) is 0.462. The van der Waals surface area contributed by atoms with Crippen molar-refractivity contribution < 1.29 is 9.18 Å². The van der Waals surface area contributed by atoms with Crippen LogP contribution in [0.4, 0.5) is 4.39 Å². The maximum absolute atomic E-state index is 11.5. The third-order valence-corrected chi connectivity index (χ3v) is 1.18. The van der Waals surface area contributed by atoms with Crippen LogP contribution in [0.25, 0.3) is 0 Å². The molecule has 0 aromatic heterocycles. The largest absolute Gasteiger partial charge is 0.296 e. The topological polar surface area (TPSA) is 17.1 Å². The van der Waals surface area contributed by atoms with Crippen LogP contribution in [0.15, 0.2) is 0 Å². The highest BCUT2D eigenvalue weighted by molar-refractivity contribution is 14.1. The van der Waals surface area contributed by atoms with E-state index in [4.69, 9.17) is 0 Å². The van der Waals surface area contributed by atoms with Crippen LogP contribution >= 0.6 is 22.6 Å². The molecule has 0 amide bonds. The molecule has 0 aromatic carbocycles. The number of halogens is 2. The molecule has 0 radical (unpaired) electrons. The Kier molecular flexibility index (Phi) is 2.63. The Bertz CT molecular complexity index is 61.8. The number of carbonyl (C=O) groups excluding carboxylic acids is 1. The minimum Gasteiger partial charge on any atom is -0.296 e. The molecule has 0 spiro atoms. The Balaban J connectivity index is 3.26. The number of Topliss-reactive ketones (excluding diaryl/α,β-unsaturated/α-hetero) is 1. The van der Waals surface area contributed by atoms with Gasteiger partial charge in [0.05, 0.1) is 0 Å². The first-order chi connectivity index (χ1) is 2.64. The maximum atomic E-state index is 11.5. The number of rotatable bonds is 1. The van der Waals surface area contributed by atoms with Gasteiger partial charge in [0.15, 0.2) is 5.78 Å². The van der Waals surface area contributed by atoms with Gasteiger partial charge in [0.2, 0.25) is 4.18 Å². The molecule has 0 bridgehead atoms. The van der Waals surface area contributed by atoms with Gasteiger partial charge in [0.1, 0.15) is 0 Å². The van der Waals surface area contributed by atoms with Gasteiger partial charge < -0.3 is 0 Å². The summed E-state index contributed by atoms with van der Waals surface area (Å²) in [5.74, 6) is -0.421. The van der Waals surface area contributed by atoms with Crippen molar-refractivity contribution in [1.29, 1.82) is 0 Å². The zero-order valence-corrected chi connectivity index (χ0v) is 5.40. The highest BCUT2D eigenvalue weighted by Crippen LogP contribution is 2.00. The van der Waals surface area contributed by atoms with Crippen molar-refractivity contribution in [2.24, 2.45) is 0 Å². The molecule has 0 aliphatic heterocycles. The Morgan fingerprint density at radius 3 is 2.17 bits per heavy atom. The van der Waals surface area contributed by atoms with Gasteiger partial charge in [0, 0.05) is 0 Å². The van der Waals surface area contributed by atoms with Crippen molar-refractivity contribution in [1.82, 2.24) is 0 Å². The molecule has 0 N–H and O–H groups in total. The molecular formula is C3H4FIO. The van der Waals surface area contributed by atoms with Crippen LogP contribution in [0.1, 0.15) is 6.92 Å². The fraction of sp³-hybridized carbons (Fsp3) is 0.667. The average molecular weight is 202 g/mol. The summed E-state index contributed by atoms with van der Waals surface area (Å²) in [6.07, 6.45) is 0. The van der Waals surface area contributed by atoms with Crippen molar-refractivity contribution in [3.8, 4) is 0 Å². The molecule has 0 saturated heterocycles. The summed E-state index contributed by atoms with van der Waals surface area (Å²) >= 11 is 1.42. The van der Waals surface area contributed by atoms with E-state index in [2.05, 4.69) is 0 Å². The highest BCUT2D eigenvalue weighted by Gasteiger charge is 2.02. The summed E-state index contributed by atoms with van der Waals surface area (Å²) in [5, 5.41) is 0. The molecule has 0 rings (SSSR count). The Morgan fingerprint density at radius 2 is 2.17 bits per heavy atom. The lowest BCUT2D eigenvalue weighted by Gasteiger charge is -1.84. The number of carbonyl (C=O) groups is 1. The van der Waals surface area contributed by atoms with Crippen LogP contribution in [0, 0.1) is 0 Å². The van der Waals surface area contributed by atoms with Crippen molar-refractivity contribution >= 4 is 28.4 Å². The second-order valence-electron chi connectivity index (χ2n) is 0.911. The number of hydrogen-bond donors (Lipinski definition) is 0. The van der Waals surface area contributed by atoms with Crippen LogP contribution < -0.4 is 0 Å². The number of hydrogen-bond acceptors (Lipinski definition) is 1. The molecule has 1 atom stereocenters. The lowest BCUT2D eigenvalue weighted by atomic mass is 10.5. The van der Waals surface area contributed by atoms with E-state index in [1.54, 1.807) is 0 Å². The first-order valence-electron chi connectivity index (χ1n) is 1.43. The molecular weight excluding hydrogens is 198 g/mol. The third-order valence-electron chi connectivity index (χ3n) is 0.307. The Morgan fingerprint density at radius 1 is 2.00 bits per heavy atom. The van der Waals surface area contributed by atoms with Gasteiger partial charge in [-0.3, -0.25) is 4.79 Å². The Hall–Kier alpha value is 0.330. The summed E-state index contributed by atoms with van der Waals surface area (Å²) in [7, 11) is 0. The Labute approximate surface area is 49.1 Å². The van der Waals surface area contributed by atoms with Crippen LogP contribution in [0.3, 0.4) is 0 Å². The fourth-order valence-electron chi connectivity index (χ4n) is 0. The van der Waals surface area contributed by atoms with E-state index in [0.717, 1.165) is 0 Å². The molecule has 1 nitrogen and oxygen atoms in total. The van der Waals surface area contributed by atoms with E-state index in [1.165, 1.54) is 29.5 Å². The normalized spacial score (nSPS) is 13.8. The SMILES string of the molecule is CC(=O)C(F)I. The standard InChI is InChI=1S/C3H4FIO/c1-2(6)3(4)5/h3H,1H3. The van der Waals surface area contributed by atoms with Gasteiger partial charge in [-0.25, -0.2) is 4.39 Å². The van der Waals surface area contributed by atoms with E-state index in [-0.39, 0.29) is 0 Å². The molecule has 0 aromatic rings. The molecule has 1 unspecified atom stereocenters. The van der Waals surface area contributed by atoms with Crippen molar-refractivity contribution in [3.63, 3.8) is 0 Å². The van der Waals surface area contributed by atoms with Gasteiger partial charge in [-0.1, -0.05) is 0 Å². The predicted octanol–water partition coefficient (Wildman–Crippen LogP) is 1.31. The lowest BCUT2D eigenvalue weighted by Crippen LogP contribution is -1.99. The molecule has 0 saturated carbocycles. The van der Waals surface area contributed by atoms with Gasteiger partial charge in [-0.05, 0) is 29.5 Å². The summed E-state index contributed by atoms with van der Waals surface area (Å²) < 4.78 is 10.1. The van der Waals surface area contributed by atoms with E-state index in [1.807, 2.05) is 0 Å². The monoisotopic (exact) mass is 202 g/mol. The summed E-state index contributed by atoms with van der Waals surface area (Å²) in [4.78, 5) is 9.76. The second-order valence-corrected chi connectivity index (χ2v) is 2.00. The highest BCUT2D eigenvalue weighted by atomic mass is 127. The third kappa shape index (κ3) is 2.56. The van der Waals surface area contributed by atoms with Crippen LogP contribution in [-0.2, 0) is 4.79 Å². The van der Waals surface area contributed by atoms with Crippen LogP contribution in [0.2, 0.25) is 0 Å². The summed E-state index contributed by atoms with van der Waals surface area (Å²) in [5.41, 5.74) is 0. The van der Waals surface area contributed by atoms with Crippen molar-refractivity contribution in [3.05, 3.63) is 0 Å². The zero-order valence-electron chi connectivity index (χ0n) is 3.24. The van der Waals surface area contributed by atoms with Crippen LogP contribution in [-0.4, -0.2) is 9.96 Å². The van der Waals surface area contributed by atoms with Crippen molar-refractivity contribution in [2.45, 2.75) is 11.1 Å². The number of alkyl halides is 2. The minimum atomic E-state index is -1.32. The average Bonchev–Trinajstić information content (AvgIpc) is 1.36. The zero-order chi connectivity index (χ0) is 5.15. The number of ketones is 1. The summed E-state index contributed by atoms with van der Waals surface area (Å²) in [6, 6.07) is 0. The van der Waals surface area contributed by atoms with Gasteiger partial charge in [-0.2, -0.15) is 0 Å². The second kappa shape index (κ2) is 2.49. The van der Waals surface area contributed by atoms with E-state index in [9.17, 15) is 9.18 Å². The molecule has 6 heavy (non-hydrogen) atoms. The van der Waals surface area contributed by atoms with Crippen LogP contribution in [0.5, 0.6) is 0 Å². The molecule has 3 heteroatoms. The predicted molar refractivity (Wildman–Crippen MR) is 29.6 cm³/mol. The molecule has 0 heterocycles. The fourth-order valence-corrected chi connectivity index (χ4v) is 0. The maximum Gasteiger partial charge on any atom is 0.208 e. The molecule has 0 aliphatic carbocycles. The molecule has 36 valence electrons. The van der Waals surface area contributed by atoms with E-state index in [0.29, 0.717) is 0 Å². The van der Waals surface area contributed by atoms with E-state index < -0.39 is 9.96 Å².